The van der Waals surface area contributed by atoms with Gasteiger partial charge in [0.15, 0.2) is 5.11 Å². The van der Waals surface area contributed by atoms with Gasteiger partial charge in [-0.2, -0.15) is 0 Å². The van der Waals surface area contributed by atoms with Crippen molar-refractivity contribution in [3.05, 3.63) is 40.3 Å². The van der Waals surface area contributed by atoms with Crippen LogP contribution in [0.4, 0.5) is 23.9 Å². The van der Waals surface area contributed by atoms with Gasteiger partial charge in [0.05, 0.1) is 17.6 Å². The Bertz CT molecular complexity index is 987. The number of anilines is 2. The SMILES string of the molecule is CCN(CC)C(=O)c1sc(NC(=S)Nc2ccc(OC(F)(F)F)cc2)c(C(=O)OC)c1C. The molecule has 0 saturated heterocycles. The van der Waals surface area contributed by atoms with Gasteiger partial charge in [0.1, 0.15) is 10.8 Å². The maximum absolute atomic E-state index is 12.8. The zero-order valence-electron chi connectivity index (χ0n) is 17.8. The Morgan fingerprint density at radius 3 is 2.22 bits per heavy atom. The number of carbonyl (C=O) groups excluding carboxylic acids is 2. The summed E-state index contributed by atoms with van der Waals surface area (Å²) in [5, 5.41) is 6.08. The second-order valence-corrected chi connectivity index (χ2v) is 7.81. The summed E-state index contributed by atoms with van der Waals surface area (Å²) in [7, 11) is 1.23. The number of rotatable bonds is 7. The molecule has 0 unspecified atom stereocenters. The molecule has 7 nitrogen and oxygen atoms in total. The molecule has 0 aliphatic heterocycles. The van der Waals surface area contributed by atoms with Gasteiger partial charge in [-0.3, -0.25) is 4.79 Å². The topological polar surface area (TPSA) is 79.9 Å². The van der Waals surface area contributed by atoms with E-state index in [0.717, 1.165) is 23.5 Å². The van der Waals surface area contributed by atoms with Crippen LogP contribution in [0, 0.1) is 6.92 Å². The Labute approximate surface area is 192 Å². The number of thiophene rings is 1. The van der Waals surface area contributed by atoms with E-state index in [1.54, 1.807) is 11.8 Å². The first-order chi connectivity index (χ1) is 15.0. The predicted octanol–water partition coefficient (Wildman–Crippen LogP) is 5.03. The standard InChI is InChI=1S/C20H22F3N3O4S2/c1-5-26(6-2)17(27)15-11(3)14(18(28)29-4)16(32-15)25-19(31)24-12-7-9-13(10-8-12)30-20(21,22)23/h7-10H,5-6H2,1-4H3,(H2,24,25,31). The number of carbonyl (C=O) groups is 2. The summed E-state index contributed by atoms with van der Waals surface area (Å²) >= 11 is 6.33. The maximum atomic E-state index is 12.8. The van der Waals surface area contributed by atoms with Crippen molar-refractivity contribution in [3.63, 3.8) is 0 Å². The minimum absolute atomic E-state index is 0.0720. The molecular formula is C20H22F3N3O4S2. The van der Waals surface area contributed by atoms with Gasteiger partial charge in [0.25, 0.3) is 5.91 Å². The molecule has 0 radical (unpaired) electrons. The van der Waals surface area contributed by atoms with Crippen LogP contribution in [-0.2, 0) is 4.74 Å². The van der Waals surface area contributed by atoms with Crippen LogP contribution in [0.25, 0.3) is 0 Å². The molecule has 0 fully saturated rings. The molecule has 1 aromatic heterocycles. The van der Waals surface area contributed by atoms with Crippen molar-refractivity contribution in [1.82, 2.24) is 4.90 Å². The fourth-order valence-corrected chi connectivity index (χ4v) is 4.27. The molecule has 2 N–H and O–H groups in total. The highest BCUT2D eigenvalue weighted by molar-refractivity contribution is 7.80. The number of methoxy groups -OCH3 is 1. The van der Waals surface area contributed by atoms with Crippen LogP contribution < -0.4 is 15.4 Å². The molecule has 2 rings (SSSR count). The van der Waals surface area contributed by atoms with Gasteiger partial charge in [-0.1, -0.05) is 0 Å². The number of esters is 1. The Balaban J connectivity index is 2.23. The van der Waals surface area contributed by atoms with E-state index in [1.807, 2.05) is 13.8 Å². The molecule has 0 aliphatic rings. The lowest BCUT2D eigenvalue weighted by molar-refractivity contribution is -0.274. The molecule has 174 valence electrons. The van der Waals surface area contributed by atoms with E-state index in [4.69, 9.17) is 17.0 Å². The molecule has 0 atom stereocenters. The summed E-state index contributed by atoms with van der Waals surface area (Å²) in [5.74, 6) is -1.21. The van der Waals surface area contributed by atoms with Gasteiger partial charge < -0.3 is 25.0 Å². The Hall–Kier alpha value is -2.86. The van der Waals surface area contributed by atoms with Crippen molar-refractivity contribution in [2.75, 3.05) is 30.8 Å². The van der Waals surface area contributed by atoms with Gasteiger partial charge in [0, 0.05) is 18.8 Å². The van der Waals surface area contributed by atoms with Crippen LogP contribution in [0.15, 0.2) is 24.3 Å². The van der Waals surface area contributed by atoms with Gasteiger partial charge in [0.2, 0.25) is 0 Å². The third-order valence-electron chi connectivity index (χ3n) is 4.35. The van der Waals surface area contributed by atoms with Crippen molar-refractivity contribution in [2.24, 2.45) is 0 Å². The smallest absolute Gasteiger partial charge is 0.465 e. The van der Waals surface area contributed by atoms with Crippen LogP contribution >= 0.6 is 23.6 Å². The van der Waals surface area contributed by atoms with E-state index in [1.165, 1.54) is 19.2 Å². The van der Waals surface area contributed by atoms with Crippen LogP contribution in [0.5, 0.6) is 5.75 Å². The van der Waals surface area contributed by atoms with Gasteiger partial charge in [-0.15, -0.1) is 24.5 Å². The monoisotopic (exact) mass is 489 g/mol. The average molecular weight is 490 g/mol. The Morgan fingerprint density at radius 2 is 1.72 bits per heavy atom. The minimum atomic E-state index is -4.78. The lowest BCUT2D eigenvalue weighted by atomic mass is 10.1. The lowest BCUT2D eigenvalue weighted by Gasteiger charge is -2.18. The summed E-state index contributed by atoms with van der Waals surface area (Å²) in [6.07, 6.45) is -4.78. The summed E-state index contributed by atoms with van der Waals surface area (Å²) in [6, 6.07) is 4.97. The number of halogens is 3. The third-order valence-corrected chi connectivity index (χ3v) is 5.75. The van der Waals surface area contributed by atoms with Crippen LogP contribution in [-0.4, -0.2) is 48.5 Å². The number of hydrogen-bond acceptors (Lipinski definition) is 6. The summed E-state index contributed by atoms with van der Waals surface area (Å²) in [6.45, 7) is 6.39. The first kappa shape index (κ1) is 25.4. The van der Waals surface area contributed by atoms with E-state index >= 15 is 0 Å². The highest BCUT2D eigenvalue weighted by Gasteiger charge is 2.31. The number of amides is 1. The highest BCUT2D eigenvalue weighted by Crippen LogP contribution is 2.35. The van der Waals surface area contributed by atoms with Crippen molar-refractivity contribution in [3.8, 4) is 5.75 Å². The number of nitrogens with zero attached hydrogens (tertiary/aromatic N) is 1. The summed E-state index contributed by atoms with van der Waals surface area (Å²) in [4.78, 5) is 27.2. The first-order valence-electron chi connectivity index (χ1n) is 9.45. The number of thiocarbonyl (C=S) groups is 1. The fourth-order valence-electron chi connectivity index (χ4n) is 2.81. The molecule has 0 bridgehead atoms. The van der Waals surface area contributed by atoms with Crippen LogP contribution in [0.2, 0.25) is 0 Å². The van der Waals surface area contributed by atoms with Crippen molar-refractivity contribution in [1.29, 1.82) is 0 Å². The van der Waals surface area contributed by atoms with Crippen LogP contribution in [0.1, 0.15) is 39.4 Å². The second-order valence-electron chi connectivity index (χ2n) is 6.38. The van der Waals surface area contributed by atoms with Crippen molar-refractivity contribution < 1.29 is 32.2 Å². The molecule has 2 aromatic rings. The normalized spacial score (nSPS) is 11.0. The fraction of sp³-hybridized carbons (Fsp3) is 0.350. The Morgan fingerprint density at radius 1 is 1.12 bits per heavy atom. The second kappa shape index (κ2) is 10.6. The van der Waals surface area contributed by atoms with Crippen molar-refractivity contribution >= 4 is 51.2 Å². The predicted molar refractivity (Wildman–Crippen MR) is 121 cm³/mol. The molecule has 0 aliphatic carbocycles. The zero-order valence-corrected chi connectivity index (χ0v) is 19.4. The number of alkyl halides is 3. The van der Waals surface area contributed by atoms with Gasteiger partial charge in [-0.05, 0) is 62.8 Å². The van der Waals surface area contributed by atoms with E-state index < -0.39 is 12.3 Å². The minimum Gasteiger partial charge on any atom is -0.465 e. The molecule has 0 saturated carbocycles. The maximum Gasteiger partial charge on any atom is 0.573 e. The third kappa shape index (κ3) is 6.33. The van der Waals surface area contributed by atoms with E-state index in [-0.39, 0.29) is 22.3 Å². The van der Waals surface area contributed by atoms with Gasteiger partial charge in [-0.25, -0.2) is 4.79 Å². The molecule has 1 amide bonds. The van der Waals surface area contributed by atoms with E-state index in [2.05, 4.69) is 15.4 Å². The summed E-state index contributed by atoms with van der Waals surface area (Å²) < 4.78 is 45.5. The number of hydrogen-bond donors (Lipinski definition) is 2. The van der Waals surface area contributed by atoms with Crippen molar-refractivity contribution in [2.45, 2.75) is 27.1 Å². The van der Waals surface area contributed by atoms with Gasteiger partial charge >= 0.3 is 12.3 Å². The average Bonchev–Trinajstić information content (AvgIpc) is 3.04. The number of ether oxygens (including phenoxy) is 2. The van der Waals surface area contributed by atoms with E-state index in [0.29, 0.717) is 34.2 Å². The zero-order chi connectivity index (χ0) is 24.1. The number of benzene rings is 1. The molecule has 12 heteroatoms. The lowest BCUT2D eigenvalue weighted by Crippen LogP contribution is -2.30. The van der Waals surface area contributed by atoms with Crippen LogP contribution in [0.3, 0.4) is 0 Å². The highest BCUT2D eigenvalue weighted by atomic mass is 32.1. The molecule has 32 heavy (non-hydrogen) atoms. The largest absolute Gasteiger partial charge is 0.573 e. The molecule has 1 aromatic carbocycles. The number of nitrogens with one attached hydrogen (secondary N) is 2. The molecule has 0 spiro atoms. The first-order valence-corrected chi connectivity index (χ1v) is 10.7. The molecular weight excluding hydrogens is 467 g/mol. The Kier molecular flexibility index (Phi) is 8.44. The quantitative estimate of drug-likeness (QED) is 0.417. The van der Waals surface area contributed by atoms with E-state index in [9.17, 15) is 22.8 Å². The summed E-state index contributed by atoms with van der Waals surface area (Å²) in [5.41, 5.74) is 1.05. The molecule has 1 heterocycles.